The summed E-state index contributed by atoms with van der Waals surface area (Å²) >= 11 is 5.93. The highest BCUT2D eigenvalue weighted by atomic mass is 35.5. The summed E-state index contributed by atoms with van der Waals surface area (Å²) in [5.41, 5.74) is 2.07. The number of benzene rings is 2. The van der Waals surface area contributed by atoms with E-state index >= 15 is 0 Å². The largest absolute Gasteiger partial charge is 0.465 e. The summed E-state index contributed by atoms with van der Waals surface area (Å²) in [5, 5.41) is 10.9. The summed E-state index contributed by atoms with van der Waals surface area (Å²) in [6.45, 7) is -0.274. The maximum atomic E-state index is 12.0. The second kappa shape index (κ2) is 7.18. The van der Waals surface area contributed by atoms with Crippen LogP contribution in [0.2, 0.25) is 5.02 Å². The van der Waals surface area contributed by atoms with Gasteiger partial charge in [-0.05, 0) is 47.7 Å². The van der Waals surface area contributed by atoms with Crippen molar-refractivity contribution in [2.45, 2.75) is 0 Å². The number of methoxy groups -OCH3 is 1. The monoisotopic (exact) mass is 360 g/mol. The number of amides is 1. The van der Waals surface area contributed by atoms with E-state index in [2.05, 4.69) is 20.4 Å². The van der Waals surface area contributed by atoms with Gasteiger partial charge in [0.2, 0.25) is 0 Å². The van der Waals surface area contributed by atoms with Gasteiger partial charge in [-0.15, -0.1) is 5.10 Å². The molecule has 8 nitrogen and oxygen atoms in total. The van der Waals surface area contributed by atoms with Gasteiger partial charge in [0.05, 0.1) is 12.7 Å². The number of anilines is 1. The molecule has 0 spiro atoms. The molecule has 0 radical (unpaired) electrons. The van der Waals surface area contributed by atoms with Gasteiger partial charge in [0.25, 0.3) is 5.91 Å². The molecule has 9 heteroatoms. The molecule has 3 rings (SSSR count). The third-order valence-corrected chi connectivity index (χ3v) is 3.52. The van der Waals surface area contributed by atoms with Crippen LogP contribution in [0.25, 0.3) is 11.0 Å². The fraction of sp³-hybridized carbons (Fsp3) is 0.125. The van der Waals surface area contributed by atoms with Gasteiger partial charge in [0, 0.05) is 10.7 Å². The minimum Gasteiger partial charge on any atom is -0.465 e. The van der Waals surface area contributed by atoms with E-state index in [1.165, 1.54) is 7.11 Å². The van der Waals surface area contributed by atoms with Crippen LogP contribution in [-0.2, 0) is 9.53 Å². The van der Waals surface area contributed by atoms with E-state index in [4.69, 9.17) is 16.4 Å². The quantitative estimate of drug-likeness (QED) is 0.699. The molecule has 0 unspecified atom stereocenters. The van der Waals surface area contributed by atoms with Crippen molar-refractivity contribution in [2.24, 2.45) is 0 Å². The summed E-state index contributed by atoms with van der Waals surface area (Å²) in [4.78, 5) is 29.8. The molecule has 0 aliphatic heterocycles. The third-order valence-electron chi connectivity index (χ3n) is 3.28. The van der Waals surface area contributed by atoms with Gasteiger partial charge >= 0.3 is 5.97 Å². The molecule has 3 aromatic rings. The average molecular weight is 361 g/mol. The van der Waals surface area contributed by atoms with Crippen molar-refractivity contribution in [1.82, 2.24) is 15.2 Å². The Kier molecular flexibility index (Phi) is 4.80. The Morgan fingerprint density at radius 1 is 1.20 bits per heavy atom. The number of aromatic nitrogens is 3. The fourth-order valence-electron chi connectivity index (χ4n) is 2.09. The van der Waals surface area contributed by atoms with Gasteiger partial charge in [0.1, 0.15) is 11.0 Å². The van der Waals surface area contributed by atoms with Crippen LogP contribution in [0.1, 0.15) is 10.4 Å². The van der Waals surface area contributed by atoms with Gasteiger partial charge in [-0.25, -0.2) is 4.79 Å². The molecule has 1 N–H and O–H groups in total. The predicted octanol–water partition coefficient (Wildman–Crippen LogP) is 1.94. The molecule has 0 aliphatic rings. The van der Waals surface area contributed by atoms with Crippen LogP contribution >= 0.6 is 11.6 Å². The zero-order valence-corrected chi connectivity index (χ0v) is 13.9. The standard InChI is InChI=1S/C16H13ClN4O4/c1-24-16(23)10-2-5-12(6-3-10)18-15(22)9-25-21-14-8-11(17)4-7-13(14)19-20-21/h2-8H,9H2,1H3,(H,18,22). The highest BCUT2D eigenvalue weighted by Crippen LogP contribution is 2.16. The Balaban J connectivity index is 1.60. The van der Waals surface area contributed by atoms with E-state index in [-0.39, 0.29) is 6.61 Å². The predicted molar refractivity (Wildman–Crippen MR) is 90.4 cm³/mol. The molecule has 0 saturated heterocycles. The maximum absolute atomic E-state index is 12.0. The van der Waals surface area contributed by atoms with Crippen molar-refractivity contribution in [1.29, 1.82) is 0 Å². The average Bonchev–Trinajstić information content (AvgIpc) is 3.02. The third kappa shape index (κ3) is 3.86. The molecular weight excluding hydrogens is 348 g/mol. The first-order chi connectivity index (χ1) is 12.1. The lowest BCUT2D eigenvalue weighted by atomic mass is 10.2. The number of hydrogen-bond donors (Lipinski definition) is 1. The van der Waals surface area contributed by atoms with Crippen molar-refractivity contribution in [3.63, 3.8) is 0 Å². The first-order valence-corrected chi connectivity index (χ1v) is 7.57. The fourth-order valence-corrected chi connectivity index (χ4v) is 2.26. The molecule has 0 atom stereocenters. The van der Waals surface area contributed by atoms with Crippen molar-refractivity contribution >= 4 is 40.2 Å². The number of esters is 1. The molecule has 25 heavy (non-hydrogen) atoms. The Bertz CT molecular complexity index is 924. The number of rotatable bonds is 5. The van der Waals surface area contributed by atoms with E-state index in [9.17, 15) is 9.59 Å². The Hall–Kier alpha value is -3.13. The lowest BCUT2D eigenvalue weighted by Crippen LogP contribution is -2.26. The topological polar surface area (TPSA) is 95.3 Å². The molecule has 2 aromatic carbocycles. The van der Waals surface area contributed by atoms with Crippen molar-refractivity contribution in [3.05, 3.63) is 53.1 Å². The van der Waals surface area contributed by atoms with E-state index in [0.717, 1.165) is 4.85 Å². The number of ether oxygens (including phenoxy) is 1. The van der Waals surface area contributed by atoms with Gasteiger partial charge in [-0.2, -0.15) is 0 Å². The van der Waals surface area contributed by atoms with Crippen LogP contribution in [0.4, 0.5) is 5.69 Å². The Morgan fingerprint density at radius 3 is 2.68 bits per heavy atom. The van der Waals surface area contributed by atoms with Crippen LogP contribution in [0, 0.1) is 0 Å². The molecular formula is C16H13ClN4O4. The summed E-state index contributed by atoms with van der Waals surface area (Å²) in [7, 11) is 1.30. The molecule has 1 aromatic heterocycles. The number of carbonyl (C=O) groups excluding carboxylic acids is 2. The smallest absolute Gasteiger partial charge is 0.337 e. The van der Waals surface area contributed by atoms with E-state index in [1.54, 1.807) is 42.5 Å². The van der Waals surface area contributed by atoms with Crippen molar-refractivity contribution in [3.8, 4) is 0 Å². The number of hydrogen-bond acceptors (Lipinski definition) is 6. The van der Waals surface area contributed by atoms with Gasteiger partial charge in [-0.3, -0.25) is 4.79 Å². The minimum atomic E-state index is -0.446. The summed E-state index contributed by atoms with van der Waals surface area (Å²) in [6, 6.07) is 11.3. The van der Waals surface area contributed by atoms with Crippen LogP contribution in [0.3, 0.4) is 0 Å². The molecule has 0 fully saturated rings. The number of fused-ring (bicyclic) bond motifs is 1. The Labute approximate surface area is 147 Å². The van der Waals surface area contributed by atoms with Crippen molar-refractivity contribution < 1.29 is 19.2 Å². The molecule has 1 amide bonds. The van der Waals surface area contributed by atoms with Crippen molar-refractivity contribution in [2.75, 3.05) is 19.0 Å². The molecule has 0 bridgehead atoms. The van der Waals surface area contributed by atoms with Crippen LogP contribution in [-0.4, -0.2) is 40.8 Å². The van der Waals surface area contributed by atoms with E-state index in [1.807, 2.05) is 0 Å². The summed E-state index contributed by atoms with van der Waals surface area (Å²) in [5.74, 6) is -0.838. The van der Waals surface area contributed by atoms with Gasteiger partial charge in [-0.1, -0.05) is 16.4 Å². The number of nitrogens with zero attached hydrogens (tertiary/aromatic N) is 3. The van der Waals surface area contributed by atoms with Crippen LogP contribution in [0.15, 0.2) is 42.5 Å². The highest BCUT2D eigenvalue weighted by molar-refractivity contribution is 6.31. The lowest BCUT2D eigenvalue weighted by Gasteiger charge is -2.07. The van der Waals surface area contributed by atoms with E-state index in [0.29, 0.717) is 27.3 Å². The molecule has 0 saturated carbocycles. The number of nitrogens with one attached hydrogen (secondary N) is 1. The highest BCUT2D eigenvalue weighted by Gasteiger charge is 2.10. The zero-order valence-electron chi connectivity index (χ0n) is 13.1. The second-order valence-corrected chi connectivity index (χ2v) is 5.42. The molecule has 1 heterocycles. The Morgan fingerprint density at radius 2 is 1.96 bits per heavy atom. The minimum absolute atomic E-state index is 0.274. The van der Waals surface area contributed by atoms with Crippen LogP contribution in [0.5, 0.6) is 0 Å². The normalized spacial score (nSPS) is 10.5. The SMILES string of the molecule is COC(=O)c1ccc(NC(=O)COn2nnc3ccc(Cl)cc32)cc1. The summed E-state index contributed by atoms with van der Waals surface area (Å²) < 4.78 is 4.61. The summed E-state index contributed by atoms with van der Waals surface area (Å²) in [6.07, 6.45) is 0. The number of carbonyl (C=O) groups is 2. The number of halogens is 1. The van der Waals surface area contributed by atoms with Crippen LogP contribution < -0.4 is 10.2 Å². The zero-order chi connectivity index (χ0) is 17.8. The molecule has 0 aliphatic carbocycles. The first kappa shape index (κ1) is 16.7. The van der Waals surface area contributed by atoms with E-state index < -0.39 is 11.9 Å². The lowest BCUT2D eigenvalue weighted by molar-refractivity contribution is -0.121. The van der Waals surface area contributed by atoms with Gasteiger partial charge in [0.15, 0.2) is 6.61 Å². The molecule has 128 valence electrons. The maximum Gasteiger partial charge on any atom is 0.337 e. The first-order valence-electron chi connectivity index (χ1n) is 7.19. The van der Waals surface area contributed by atoms with Gasteiger partial charge < -0.3 is 14.9 Å². The second-order valence-electron chi connectivity index (χ2n) is 4.99.